The van der Waals surface area contributed by atoms with Crippen molar-refractivity contribution in [2.75, 3.05) is 11.9 Å². The molecule has 0 aliphatic rings. The van der Waals surface area contributed by atoms with Gasteiger partial charge in [0.15, 0.2) is 0 Å². The van der Waals surface area contributed by atoms with Crippen LogP contribution in [0.25, 0.3) is 10.2 Å². The highest BCUT2D eigenvalue weighted by Gasteiger charge is 2.15. The largest absolute Gasteiger partial charge is 0.354 e. The van der Waals surface area contributed by atoms with E-state index in [1.165, 1.54) is 9.75 Å². The van der Waals surface area contributed by atoms with Gasteiger partial charge in [0.05, 0.1) is 23.1 Å². The lowest BCUT2D eigenvalue weighted by atomic mass is 10.3. The fraction of sp³-hybridized carbons (Fsp3) is 0.357. The van der Waals surface area contributed by atoms with Gasteiger partial charge in [0.1, 0.15) is 10.6 Å². The van der Waals surface area contributed by atoms with Gasteiger partial charge in [-0.25, -0.2) is 9.97 Å². The van der Waals surface area contributed by atoms with Crippen LogP contribution in [0, 0.1) is 6.92 Å². The molecule has 0 saturated carbocycles. The lowest BCUT2D eigenvalue weighted by molar-refractivity contribution is 0.904. The van der Waals surface area contributed by atoms with Crippen LogP contribution >= 0.6 is 34.3 Å². The van der Waals surface area contributed by atoms with Gasteiger partial charge >= 0.3 is 0 Å². The van der Waals surface area contributed by atoms with Gasteiger partial charge in [0, 0.05) is 16.8 Å². The van der Waals surface area contributed by atoms with Crippen molar-refractivity contribution in [2.45, 2.75) is 26.8 Å². The molecule has 0 aliphatic heterocycles. The highest BCUT2D eigenvalue weighted by molar-refractivity contribution is 7.18. The number of rotatable bonds is 4. The summed E-state index contributed by atoms with van der Waals surface area (Å²) in [5, 5.41) is 1.38. The number of thiophene rings is 1. The molecular formula is C14H15ClN4S2. The SMILES string of the molecule is CCc1cc2c(N(C)Cc3scnc3C)nc(Cl)nc2s1. The van der Waals surface area contributed by atoms with E-state index < -0.39 is 0 Å². The predicted molar refractivity (Wildman–Crippen MR) is 90.8 cm³/mol. The Labute approximate surface area is 136 Å². The molecule has 3 heterocycles. The van der Waals surface area contributed by atoms with Gasteiger partial charge in [-0.05, 0) is 31.0 Å². The highest BCUT2D eigenvalue weighted by Crippen LogP contribution is 2.32. The fourth-order valence-electron chi connectivity index (χ4n) is 2.16. The van der Waals surface area contributed by atoms with E-state index in [4.69, 9.17) is 11.6 Å². The smallest absolute Gasteiger partial charge is 0.225 e. The number of halogens is 1. The molecule has 0 saturated heterocycles. The first-order valence-electron chi connectivity index (χ1n) is 6.64. The monoisotopic (exact) mass is 338 g/mol. The Morgan fingerprint density at radius 2 is 2.14 bits per heavy atom. The first-order valence-corrected chi connectivity index (χ1v) is 8.72. The Hall–Kier alpha value is -1.24. The quantitative estimate of drug-likeness (QED) is 0.665. The van der Waals surface area contributed by atoms with Gasteiger partial charge in [-0.15, -0.1) is 22.7 Å². The molecule has 0 unspecified atom stereocenters. The fourth-order valence-corrected chi connectivity index (χ4v) is 4.17. The van der Waals surface area contributed by atoms with E-state index in [1.807, 2.05) is 19.5 Å². The third-order valence-corrected chi connectivity index (χ3v) is 5.59. The molecule has 7 heteroatoms. The number of anilines is 1. The van der Waals surface area contributed by atoms with Crippen LogP contribution in [-0.4, -0.2) is 22.0 Å². The zero-order chi connectivity index (χ0) is 15.0. The van der Waals surface area contributed by atoms with Gasteiger partial charge in [-0.2, -0.15) is 4.98 Å². The van der Waals surface area contributed by atoms with E-state index in [9.17, 15) is 0 Å². The van der Waals surface area contributed by atoms with Crippen molar-refractivity contribution in [1.29, 1.82) is 0 Å². The molecule has 0 N–H and O–H groups in total. The molecule has 110 valence electrons. The summed E-state index contributed by atoms with van der Waals surface area (Å²) in [6.07, 6.45) is 0.996. The topological polar surface area (TPSA) is 41.9 Å². The van der Waals surface area contributed by atoms with Crippen LogP contribution in [0.15, 0.2) is 11.6 Å². The van der Waals surface area contributed by atoms with Gasteiger partial charge in [0.25, 0.3) is 0 Å². The average Bonchev–Trinajstić information content (AvgIpc) is 3.04. The number of nitrogens with zero attached hydrogens (tertiary/aromatic N) is 4. The van der Waals surface area contributed by atoms with Gasteiger partial charge < -0.3 is 4.90 Å². The molecule has 3 aromatic heterocycles. The number of aromatic nitrogens is 3. The second kappa shape index (κ2) is 5.87. The maximum atomic E-state index is 6.08. The van der Waals surface area contributed by atoms with Gasteiger partial charge in [0.2, 0.25) is 5.28 Å². The summed E-state index contributed by atoms with van der Waals surface area (Å²) >= 11 is 9.43. The molecule has 0 spiro atoms. The summed E-state index contributed by atoms with van der Waals surface area (Å²) in [7, 11) is 2.03. The van der Waals surface area contributed by atoms with Crippen molar-refractivity contribution in [1.82, 2.24) is 15.0 Å². The molecule has 0 atom stereocenters. The summed E-state index contributed by atoms with van der Waals surface area (Å²) in [5.74, 6) is 0.883. The summed E-state index contributed by atoms with van der Waals surface area (Å²) in [5.41, 5.74) is 2.95. The third-order valence-electron chi connectivity index (χ3n) is 3.33. The molecular weight excluding hydrogens is 324 g/mol. The van der Waals surface area contributed by atoms with Crippen molar-refractivity contribution in [3.05, 3.63) is 32.3 Å². The van der Waals surface area contributed by atoms with Gasteiger partial charge in [-0.1, -0.05) is 6.92 Å². The predicted octanol–water partition coefficient (Wildman–Crippen LogP) is 4.31. The molecule has 0 amide bonds. The normalized spacial score (nSPS) is 11.2. The minimum Gasteiger partial charge on any atom is -0.354 e. The maximum absolute atomic E-state index is 6.08. The molecule has 3 rings (SSSR count). The Kier molecular flexibility index (Phi) is 4.10. The lowest BCUT2D eigenvalue weighted by Gasteiger charge is -2.18. The van der Waals surface area contributed by atoms with Crippen molar-refractivity contribution in [3.8, 4) is 0 Å². The van der Waals surface area contributed by atoms with E-state index in [0.29, 0.717) is 5.28 Å². The Morgan fingerprint density at radius 3 is 2.81 bits per heavy atom. The van der Waals surface area contributed by atoms with Gasteiger partial charge in [-0.3, -0.25) is 0 Å². The Morgan fingerprint density at radius 1 is 1.33 bits per heavy atom. The summed E-state index contributed by atoms with van der Waals surface area (Å²) in [6, 6.07) is 2.17. The Bertz CT molecular complexity index is 780. The first-order chi connectivity index (χ1) is 10.1. The molecule has 0 aromatic carbocycles. The zero-order valence-corrected chi connectivity index (χ0v) is 14.4. The van der Waals surface area contributed by atoms with Crippen molar-refractivity contribution in [3.63, 3.8) is 0 Å². The van der Waals surface area contributed by atoms with Crippen molar-refractivity contribution >= 4 is 50.3 Å². The van der Waals surface area contributed by atoms with Crippen LogP contribution in [0.1, 0.15) is 22.4 Å². The van der Waals surface area contributed by atoms with E-state index in [0.717, 1.165) is 34.7 Å². The maximum Gasteiger partial charge on any atom is 0.225 e. The standard InChI is InChI=1S/C14H15ClN4S2/c1-4-9-5-10-12(17-14(15)18-13(10)21-9)19(3)6-11-8(2)16-7-20-11/h5,7H,4,6H2,1-3H3. The number of aryl methyl sites for hydroxylation is 2. The van der Waals surface area contributed by atoms with Crippen LogP contribution in [0.5, 0.6) is 0 Å². The molecule has 0 bridgehead atoms. The molecule has 3 aromatic rings. The minimum atomic E-state index is 0.301. The van der Waals surface area contributed by atoms with Crippen LogP contribution in [0.3, 0.4) is 0 Å². The van der Waals surface area contributed by atoms with Crippen LogP contribution < -0.4 is 4.90 Å². The van der Waals surface area contributed by atoms with E-state index in [1.54, 1.807) is 22.7 Å². The number of hydrogen-bond acceptors (Lipinski definition) is 6. The molecule has 4 nitrogen and oxygen atoms in total. The molecule has 0 fully saturated rings. The minimum absolute atomic E-state index is 0.301. The summed E-state index contributed by atoms with van der Waals surface area (Å²) in [6.45, 7) is 4.95. The van der Waals surface area contributed by atoms with Crippen LogP contribution in [0.4, 0.5) is 5.82 Å². The number of hydrogen-bond donors (Lipinski definition) is 0. The third kappa shape index (κ3) is 2.88. The summed E-state index contributed by atoms with van der Waals surface area (Å²) < 4.78 is 0. The number of fused-ring (bicyclic) bond motifs is 1. The van der Waals surface area contributed by atoms with E-state index in [-0.39, 0.29) is 0 Å². The zero-order valence-electron chi connectivity index (χ0n) is 12.1. The average molecular weight is 339 g/mol. The van der Waals surface area contributed by atoms with Crippen molar-refractivity contribution in [2.24, 2.45) is 0 Å². The molecule has 0 aliphatic carbocycles. The second-order valence-corrected chi connectivity index (χ2v) is 7.21. The first kappa shape index (κ1) is 14.7. The van der Waals surface area contributed by atoms with Crippen LogP contribution in [0.2, 0.25) is 5.28 Å². The molecule has 21 heavy (non-hydrogen) atoms. The second-order valence-electron chi connectivity index (χ2n) is 4.82. The van der Waals surface area contributed by atoms with E-state index >= 15 is 0 Å². The lowest BCUT2D eigenvalue weighted by Crippen LogP contribution is -2.18. The highest BCUT2D eigenvalue weighted by atomic mass is 35.5. The summed E-state index contributed by atoms with van der Waals surface area (Å²) in [4.78, 5) is 18.7. The van der Waals surface area contributed by atoms with E-state index in [2.05, 4.69) is 32.8 Å². The van der Waals surface area contributed by atoms with Crippen LogP contribution in [-0.2, 0) is 13.0 Å². The molecule has 0 radical (unpaired) electrons. The number of thiazole rings is 1. The Balaban J connectivity index is 2.02. The van der Waals surface area contributed by atoms with Crippen molar-refractivity contribution < 1.29 is 0 Å².